The highest BCUT2D eigenvalue weighted by molar-refractivity contribution is 5.99. The van der Waals surface area contributed by atoms with Crippen LogP contribution in [0.2, 0.25) is 0 Å². The van der Waals surface area contributed by atoms with Gasteiger partial charge in [0.1, 0.15) is 0 Å². The Bertz CT molecular complexity index is 504. The maximum absolute atomic E-state index is 12.1. The van der Waals surface area contributed by atoms with E-state index in [1.165, 1.54) is 0 Å². The van der Waals surface area contributed by atoms with Crippen LogP contribution in [-0.2, 0) is 0 Å². The first-order valence-electron chi connectivity index (χ1n) is 6.18. The summed E-state index contributed by atoms with van der Waals surface area (Å²) in [4.78, 5) is 12.1. The third-order valence-electron chi connectivity index (χ3n) is 3.45. The predicted octanol–water partition coefficient (Wildman–Crippen LogP) is 2.00. The second-order valence-electron chi connectivity index (χ2n) is 4.84. The molecule has 2 atom stereocenters. The molecule has 1 saturated carbocycles. The molecule has 1 aromatic carbocycles. The molecule has 2 unspecified atom stereocenters. The third kappa shape index (κ3) is 2.45. The number of anilines is 1. The van der Waals surface area contributed by atoms with Crippen molar-refractivity contribution in [3.63, 3.8) is 0 Å². The minimum atomic E-state index is -0.177. The molecular formula is C14H17N3O. The van der Waals surface area contributed by atoms with Crippen LogP contribution in [0.5, 0.6) is 0 Å². The normalized spacial score (nSPS) is 22.4. The van der Waals surface area contributed by atoms with Crippen molar-refractivity contribution < 1.29 is 4.79 Å². The summed E-state index contributed by atoms with van der Waals surface area (Å²) in [5.74, 6) is -0.247. The van der Waals surface area contributed by atoms with Crippen molar-refractivity contribution >= 4 is 11.6 Å². The standard InChI is InChI=1S/C14H17N3O/c1-9-5-6-12(16)11(7-9)14(18)17-13-4-2-3-10(13)8-15/h5-7,10,13H,2-4,16H2,1H3,(H,17,18). The first-order chi connectivity index (χ1) is 8.61. The molecule has 94 valence electrons. The molecule has 0 heterocycles. The summed E-state index contributed by atoms with van der Waals surface area (Å²) in [7, 11) is 0. The van der Waals surface area contributed by atoms with Crippen LogP contribution in [0.3, 0.4) is 0 Å². The molecule has 1 aliphatic rings. The fourth-order valence-corrected chi connectivity index (χ4v) is 2.40. The zero-order chi connectivity index (χ0) is 13.1. The summed E-state index contributed by atoms with van der Waals surface area (Å²) in [5.41, 5.74) is 7.78. The number of carbonyl (C=O) groups excluding carboxylic acids is 1. The van der Waals surface area contributed by atoms with Crippen LogP contribution in [0.1, 0.15) is 35.2 Å². The van der Waals surface area contributed by atoms with E-state index in [0.29, 0.717) is 11.3 Å². The van der Waals surface area contributed by atoms with Crippen molar-refractivity contribution in [2.45, 2.75) is 32.2 Å². The van der Waals surface area contributed by atoms with E-state index in [4.69, 9.17) is 11.0 Å². The second-order valence-corrected chi connectivity index (χ2v) is 4.84. The molecule has 3 N–H and O–H groups in total. The molecule has 1 aliphatic carbocycles. The van der Waals surface area contributed by atoms with Crippen LogP contribution in [-0.4, -0.2) is 11.9 Å². The average Bonchev–Trinajstić information content (AvgIpc) is 2.79. The number of hydrogen-bond acceptors (Lipinski definition) is 3. The number of hydrogen-bond donors (Lipinski definition) is 2. The number of nitrogens with two attached hydrogens (primary N) is 1. The number of amides is 1. The highest BCUT2D eigenvalue weighted by Gasteiger charge is 2.28. The molecule has 0 aliphatic heterocycles. The van der Waals surface area contributed by atoms with Crippen molar-refractivity contribution in [2.75, 3.05) is 5.73 Å². The van der Waals surface area contributed by atoms with Crippen molar-refractivity contribution in [1.82, 2.24) is 5.32 Å². The van der Waals surface area contributed by atoms with Gasteiger partial charge in [0.2, 0.25) is 0 Å². The number of nitrogens with one attached hydrogen (secondary N) is 1. The van der Waals surface area contributed by atoms with Crippen LogP contribution < -0.4 is 11.1 Å². The summed E-state index contributed by atoms with van der Waals surface area (Å²) in [6, 6.07) is 7.60. The van der Waals surface area contributed by atoms with Crippen LogP contribution >= 0.6 is 0 Å². The third-order valence-corrected chi connectivity index (χ3v) is 3.45. The lowest BCUT2D eigenvalue weighted by Gasteiger charge is -2.16. The summed E-state index contributed by atoms with van der Waals surface area (Å²) in [5, 5.41) is 11.9. The smallest absolute Gasteiger partial charge is 0.253 e. The molecule has 4 heteroatoms. The second kappa shape index (κ2) is 5.09. The molecule has 0 radical (unpaired) electrons. The van der Waals surface area contributed by atoms with Crippen molar-refractivity contribution in [3.8, 4) is 6.07 Å². The molecule has 4 nitrogen and oxygen atoms in total. The lowest BCUT2D eigenvalue weighted by Crippen LogP contribution is -2.37. The van der Waals surface area contributed by atoms with Gasteiger partial charge < -0.3 is 11.1 Å². The quantitative estimate of drug-likeness (QED) is 0.780. The van der Waals surface area contributed by atoms with Gasteiger partial charge in [-0.3, -0.25) is 4.79 Å². The number of nitrogen functional groups attached to an aromatic ring is 1. The topological polar surface area (TPSA) is 78.9 Å². The number of nitrogens with zero attached hydrogens (tertiary/aromatic N) is 1. The van der Waals surface area contributed by atoms with Gasteiger partial charge in [0.15, 0.2) is 0 Å². The molecule has 18 heavy (non-hydrogen) atoms. The van der Waals surface area contributed by atoms with E-state index in [9.17, 15) is 4.79 Å². The number of benzene rings is 1. The molecule has 2 rings (SSSR count). The monoisotopic (exact) mass is 243 g/mol. The summed E-state index contributed by atoms with van der Waals surface area (Å²) in [6.07, 6.45) is 2.73. The van der Waals surface area contributed by atoms with Crippen LogP contribution in [0.15, 0.2) is 18.2 Å². The van der Waals surface area contributed by atoms with Gasteiger partial charge in [-0.15, -0.1) is 0 Å². The van der Waals surface area contributed by atoms with Gasteiger partial charge in [0.25, 0.3) is 5.91 Å². The largest absolute Gasteiger partial charge is 0.398 e. The first-order valence-corrected chi connectivity index (χ1v) is 6.18. The fourth-order valence-electron chi connectivity index (χ4n) is 2.40. The SMILES string of the molecule is Cc1ccc(N)c(C(=O)NC2CCCC2C#N)c1. The van der Waals surface area contributed by atoms with E-state index in [1.54, 1.807) is 12.1 Å². The van der Waals surface area contributed by atoms with Crippen LogP contribution in [0.4, 0.5) is 5.69 Å². The first kappa shape index (κ1) is 12.4. The summed E-state index contributed by atoms with van der Waals surface area (Å²) < 4.78 is 0. The minimum Gasteiger partial charge on any atom is -0.398 e. The Morgan fingerprint density at radius 1 is 1.50 bits per heavy atom. The Kier molecular flexibility index (Phi) is 3.52. The highest BCUT2D eigenvalue weighted by atomic mass is 16.1. The summed E-state index contributed by atoms with van der Waals surface area (Å²) >= 11 is 0. The predicted molar refractivity (Wildman–Crippen MR) is 69.8 cm³/mol. The highest BCUT2D eigenvalue weighted by Crippen LogP contribution is 2.25. The molecule has 1 fully saturated rings. The molecule has 0 spiro atoms. The maximum atomic E-state index is 12.1. The number of aryl methyl sites for hydroxylation is 1. The van der Waals surface area contributed by atoms with Gasteiger partial charge in [0.05, 0.1) is 17.6 Å². The van der Waals surface area contributed by atoms with Gasteiger partial charge in [-0.05, 0) is 38.3 Å². The van der Waals surface area contributed by atoms with Crippen LogP contribution in [0, 0.1) is 24.2 Å². The number of nitriles is 1. The van der Waals surface area contributed by atoms with E-state index in [0.717, 1.165) is 24.8 Å². The lowest BCUT2D eigenvalue weighted by molar-refractivity contribution is 0.0933. The van der Waals surface area contributed by atoms with Gasteiger partial charge >= 0.3 is 0 Å². The summed E-state index contributed by atoms with van der Waals surface area (Å²) in [6.45, 7) is 1.92. The van der Waals surface area contributed by atoms with Crippen molar-refractivity contribution in [3.05, 3.63) is 29.3 Å². The Balaban J connectivity index is 2.13. The lowest BCUT2D eigenvalue weighted by atomic mass is 10.0. The van der Waals surface area contributed by atoms with Crippen molar-refractivity contribution in [1.29, 1.82) is 5.26 Å². The van der Waals surface area contributed by atoms with Gasteiger partial charge in [0, 0.05) is 11.7 Å². The van der Waals surface area contributed by atoms with Gasteiger partial charge in [-0.1, -0.05) is 11.6 Å². The van der Waals surface area contributed by atoms with Gasteiger partial charge in [-0.25, -0.2) is 0 Å². The molecule has 0 bridgehead atoms. The fraction of sp³-hybridized carbons (Fsp3) is 0.429. The Labute approximate surface area is 107 Å². The minimum absolute atomic E-state index is 0.0394. The molecule has 1 aromatic rings. The van der Waals surface area contributed by atoms with E-state index >= 15 is 0 Å². The number of rotatable bonds is 2. The Hall–Kier alpha value is -2.02. The maximum Gasteiger partial charge on any atom is 0.253 e. The molecule has 0 saturated heterocycles. The molecular weight excluding hydrogens is 226 g/mol. The van der Waals surface area contributed by atoms with E-state index in [-0.39, 0.29) is 17.9 Å². The number of carbonyl (C=O) groups is 1. The van der Waals surface area contributed by atoms with Gasteiger partial charge in [-0.2, -0.15) is 5.26 Å². The van der Waals surface area contributed by atoms with E-state index in [2.05, 4.69) is 11.4 Å². The Morgan fingerprint density at radius 2 is 2.28 bits per heavy atom. The molecule has 0 aromatic heterocycles. The van der Waals surface area contributed by atoms with Crippen LogP contribution in [0.25, 0.3) is 0 Å². The zero-order valence-corrected chi connectivity index (χ0v) is 10.4. The van der Waals surface area contributed by atoms with E-state index < -0.39 is 0 Å². The molecule has 1 amide bonds. The Morgan fingerprint density at radius 3 is 3.00 bits per heavy atom. The average molecular weight is 243 g/mol. The van der Waals surface area contributed by atoms with E-state index in [1.807, 2.05) is 13.0 Å². The van der Waals surface area contributed by atoms with Crippen molar-refractivity contribution in [2.24, 2.45) is 5.92 Å². The zero-order valence-electron chi connectivity index (χ0n) is 10.4.